The number of carbonyl (C=O) groups is 1. The SMILES string of the molecule is CNc1ccc2c(Nc3cc(CO)cc(NC(=O)OC)c3)c3ccc(NC)cc3nc2c1. The van der Waals surface area contributed by atoms with E-state index in [1.165, 1.54) is 7.11 Å². The summed E-state index contributed by atoms with van der Waals surface area (Å²) < 4.78 is 4.69. The highest BCUT2D eigenvalue weighted by molar-refractivity contribution is 6.10. The van der Waals surface area contributed by atoms with Crippen LogP contribution in [0, 0.1) is 0 Å². The zero-order valence-electron chi connectivity index (χ0n) is 18.1. The Morgan fingerprint density at radius 3 is 2.00 bits per heavy atom. The van der Waals surface area contributed by atoms with E-state index in [1.807, 2.05) is 56.6 Å². The van der Waals surface area contributed by atoms with Gasteiger partial charge >= 0.3 is 6.09 Å². The van der Waals surface area contributed by atoms with Gasteiger partial charge in [-0.15, -0.1) is 0 Å². The molecule has 0 unspecified atom stereocenters. The lowest BCUT2D eigenvalue weighted by Gasteiger charge is -2.16. The zero-order valence-corrected chi connectivity index (χ0v) is 18.1. The average molecular weight is 431 g/mol. The Hall–Kier alpha value is -4.04. The molecule has 0 bridgehead atoms. The van der Waals surface area contributed by atoms with Crippen LogP contribution in [0.1, 0.15) is 5.56 Å². The highest BCUT2D eigenvalue weighted by Crippen LogP contribution is 2.36. The van der Waals surface area contributed by atoms with E-state index in [9.17, 15) is 9.90 Å². The smallest absolute Gasteiger partial charge is 0.411 e. The van der Waals surface area contributed by atoms with Crippen molar-refractivity contribution >= 4 is 56.3 Å². The van der Waals surface area contributed by atoms with Crippen LogP contribution in [-0.2, 0) is 11.3 Å². The van der Waals surface area contributed by atoms with E-state index in [0.29, 0.717) is 16.9 Å². The zero-order chi connectivity index (χ0) is 22.7. The maximum Gasteiger partial charge on any atom is 0.411 e. The van der Waals surface area contributed by atoms with Crippen LogP contribution >= 0.6 is 0 Å². The molecule has 0 aliphatic rings. The molecule has 1 aromatic heterocycles. The number of fused-ring (bicyclic) bond motifs is 2. The first-order valence-electron chi connectivity index (χ1n) is 10.1. The predicted molar refractivity (Wildman–Crippen MR) is 130 cm³/mol. The molecule has 4 rings (SSSR count). The number of hydrogen-bond donors (Lipinski definition) is 5. The van der Waals surface area contributed by atoms with Crippen molar-refractivity contribution in [2.45, 2.75) is 6.61 Å². The first-order chi connectivity index (χ1) is 15.5. The van der Waals surface area contributed by atoms with Gasteiger partial charge in [-0.3, -0.25) is 5.32 Å². The fourth-order valence-corrected chi connectivity index (χ4v) is 3.63. The quantitative estimate of drug-likeness (QED) is 0.277. The second-order valence-electron chi connectivity index (χ2n) is 7.27. The molecule has 0 fully saturated rings. The van der Waals surface area contributed by atoms with Crippen LogP contribution in [0.2, 0.25) is 0 Å². The van der Waals surface area contributed by atoms with Gasteiger partial charge < -0.3 is 25.8 Å². The number of methoxy groups -OCH3 is 1. The molecule has 0 saturated carbocycles. The summed E-state index contributed by atoms with van der Waals surface area (Å²) in [6.45, 7) is -0.166. The normalized spacial score (nSPS) is 10.8. The lowest BCUT2D eigenvalue weighted by Crippen LogP contribution is -2.11. The van der Waals surface area contributed by atoms with E-state index in [-0.39, 0.29) is 6.61 Å². The number of anilines is 5. The van der Waals surface area contributed by atoms with Crippen molar-refractivity contribution in [1.29, 1.82) is 0 Å². The highest BCUT2D eigenvalue weighted by Gasteiger charge is 2.12. The summed E-state index contributed by atoms with van der Waals surface area (Å²) in [4.78, 5) is 16.5. The van der Waals surface area contributed by atoms with E-state index >= 15 is 0 Å². The van der Waals surface area contributed by atoms with Gasteiger partial charge in [-0.25, -0.2) is 9.78 Å². The number of aliphatic hydroxyl groups excluding tert-OH is 1. The van der Waals surface area contributed by atoms with Crippen LogP contribution in [0.4, 0.5) is 33.2 Å². The number of pyridine rings is 1. The van der Waals surface area contributed by atoms with Gasteiger partial charge in [0, 0.05) is 47.6 Å². The molecular formula is C24H25N5O3. The third-order valence-corrected chi connectivity index (χ3v) is 5.23. The lowest BCUT2D eigenvalue weighted by molar-refractivity contribution is 0.187. The maximum absolute atomic E-state index is 11.7. The van der Waals surface area contributed by atoms with E-state index in [4.69, 9.17) is 9.72 Å². The van der Waals surface area contributed by atoms with Gasteiger partial charge in [-0.1, -0.05) is 0 Å². The predicted octanol–water partition coefficient (Wildman–Crippen LogP) is 4.89. The summed E-state index contributed by atoms with van der Waals surface area (Å²) in [6.07, 6.45) is -0.579. The Morgan fingerprint density at radius 1 is 0.875 bits per heavy atom. The van der Waals surface area contributed by atoms with Crippen LogP contribution in [0.15, 0.2) is 54.6 Å². The first kappa shape index (κ1) is 21.2. The van der Waals surface area contributed by atoms with Crippen LogP contribution in [0.3, 0.4) is 0 Å². The molecule has 1 heterocycles. The second-order valence-corrected chi connectivity index (χ2v) is 7.27. The summed E-state index contributed by atoms with van der Waals surface area (Å²) in [5.41, 5.74) is 6.38. The van der Waals surface area contributed by atoms with Crippen molar-refractivity contribution in [3.8, 4) is 0 Å². The van der Waals surface area contributed by atoms with Crippen LogP contribution in [-0.4, -0.2) is 37.4 Å². The van der Waals surface area contributed by atoms with Gasteiger partial charge in [0.2, 0.25) is 0 Å². The molecule has 164 valence electrons. The van der Waals surface area contributed by atoms with E-state index in [0.717, 1.165) is 38.9 Å². The molecule has 5 N–H and O–H groups in total. The monoisotopic (exact) mass is 431 g/mol. The van der Waals surface area contributed by atoms with Gasteiger partial charge in [-0.2, -0.15) is 0 Å². The van der Waals surface area contributed by atoms with Gasteiger partial charge in [0.1, 0.15) is 0 Å². The molecule has 4 aromatic rings. The van der Waals surface area contributed by atoms with E-state index in [1.54, 1.807) is 12.1 Å². The topological polar surface area (TPSA) is 108 Å². The number of benzene rings is 3. The molecule has 0 aliphatic heterocycles. The van der Waals surface area contributed by atoms with Crippen molar-refractivity contribution in [1.82, 2.24) is 4.98 Å². The van der Waals surface area contributed by atoms with Crippen molar-refractivity contribution in [3.63, 3.8) is 0 Å². The van der Waals surface area contributed by atoms with Gasteiger partial charge in [0.05, 0.1) is 30.4 Å². The number of amides is 1. The molecule has 32 heavy (non-hydrogen) atoms. The van der Waals surface area contributed by atoms with Crippen molar-refractivity contribution in [2.24, 2.45) is 0 Å². The number of nitrogens with one attached hydrogen (secondary N) is 4. The summed E-state index contributed by atoms with van der Waals surface area (Å²) in [7, 11) is 5.05. The molecule has 0 atom stereocenters. The largest absolute Gasteiger partial charge is 0.453 e. The lowest BCUT2D eigenvalue weighted by atomic mass is 10.1. The number of rotatable bonds is 6. The summed E-state index contributed by atoms with van der Waals surface area (Å²) in [6, 6.07) is 17.4. The molecular weight excluding hydrogens is 406 g/mol. The molecule has 0 aliphatic carbocycles. The Balaban J connectivity index is 1.89. The van der Waals surface area contributed by atoms with Crippen molar-refractivity contribution < 1.29 is 14.6 Å². The Labute approximate surface area is 185 Å². The fourth-order valence-electron chi connectivity index (χ4n) is 3.63. The van der Waals surface area contributed by atoms with Gasteiger partial charge in [-0.05, 0) is 60.2 Å². The Bertz CT molecular complexity index is 1240. The third-order valence-electron chi connectivity index (χ3n) is 5.23. The number of aliphatic hydroxyl groups is 1. The molecule has 3 aromatic carbocycles. The van der Waals surface area contributed by atoms with Crippen LogP contribution in [0.5, 0.6) is 0 Å². The standard InChI is InChI=1S/C24H25N5O3/c1-25-15-4-6-19-21(11-15)29-22-12-16(26-2)5-7-20(22)23(19)27-17-8-14(13-30)9-18(10-17)28-24(31)32-3/h4-12,25-26,30H,13H2,1-3H3,(H,27,29)(H,28,31). The Morgan fingerprint density at radius 2 is 1.47 bits per heavy atom. The third kappa shape index (κ3) is 4.21. The van der Waals surface area contributed by atoms with Crippen molar-refractivity contribution in [2.75, 3.05) is 42.5 Å². The van der Waals surface area contributed by atoms with Gasteiger partial charge in [0.15, 0.2) is 0 Å². The molecule has 0 radical (unpaired) electrons. The minimum absolute atomic E-state index is 0.166. The molecule has 0 saturated heterocycles. The number of hydrogen-bond acceptors (Lipinski definition) is 7. The Kier molecular flexibility index (Phi) is 5.96. The maximum atomic E-state index is 11.7. The van der Waals surface area contributed by atoms with E-state index in [2.05, 4.69) is 21.3 Å². The second kappa shape index (κ2) is 8.99. The van der Waals surface area contributed by atoms with E-state index < -0.39 is 6.09 Å². The molecule has 1 amide bonds. The molecule has 8 nitrogen and oxygen atoms in total. The minimum Gasteiger partial charge on any atom is -0.453 e. The average Bonchev–Trinajstić information content (AvgIpc) is 2.82. The molecule has 0 spiro atoms. The summed E-state index contributed by atoms with van der Waals surface area (Å²) >= 11 is 0. The number of carbonyl (C=O) groups excluding carboxylic acids is 1. The minimum atomic E-state index is -0.579. The number of aromatic nitrogens is 1. The van der Waals surface area contributed by atoms with Crippen LogP contribution in [0.25, 0.3) is 21.8 Å². The van der Waals surface area contributed by atoms with Crippen LogP contribution < -0.4 is 21.3 Å². The highest BCUT2D eigenvalue weighted by atomic mass is 16.5. The first-order valence-corrected chi connectivity index (χ1v) is 10.1. The fraction of sp³-hybridized carbons (Fsp3) is 0.167. The van der Waals surface area contributed by atoms with Crippen molar-refractivity contribution in [3.05, 3.63) is 60.2 Å². The summed E-state index contributed by atoms with van der Waals surface area (Å²) in [5.74, 6) is 0. The molecule has 8 heteroatoms. The number of nitrogens with zero attached hydrogens (tertiary/aromatic N) is 1. The van der Waals surface area contributed by atoms with Gasteiger partial charge in [0.25, 0.3) is 0 Å². The number of ether oxygens (including phenoxy) is 1. The summed E-state index contributed by atoms with van der Waals surface area (Å²) in [5, 5.41) is 24.1.